The highest BCUT2D eigenvalue weighted by Gasteiger charge is 2.27. The van der Waals surface area contributed by atoms with E-state index in [0.29, 0.717) is 16.3 Å². The fourth-order valence-electron chi connectivity index (χ4n) is 1.44. The first-order valence-electron chi connectivity index (χ1n) is 5.49. The minimum Gasteiger partial charge on any atom is -0.497 e. The normalized spacial score (nSPS) is 13.4. The third-order valence-corrected chi connectivity index (χ3v) is 2.70. The van der Waals surface area contributed by atoms with Gasteiger partial charge in [-0.25, -0.2) is 0 Å². The van der Waals surface area contributed by atoms with Gasteiger partial charge in [-0.05, 0) is 17.7 Å². The molecule has 1 unspecified atom stereocenters. The summed E-state index contributed by atoms with van der Waals surface area (Å²) < 4.78 is 44.9. The van der Waals surface area contributed by atoms with Crippen molar-refractivity contribution in [3.8, 4) is 5.75 Å². The van der Waals surface area contributed by atoms with E-state index in [1.165, 1.54) is 13.2 Å². The van der Waals surface area contributed by atoms with Crippen molar-refractivity contribution in [1.29, 1.82) is 0 Å². The first-order valence-corrected chi connectivity index (χ1v) is 5.87. The van der Waals surface area contributed by atoms with Crippen molar-refractivity contribution in [3.05, 3.63) is 28.8 Å². The number of methoxy groups -OCH3 is 1. The van der Waals surface area contributed by atoms with Crippen molar-refractivity contribution >= 4 is 11.6 Å². The predicted molar refractivity (Wildman–Crippen MR) is 64.5 cm³/mol. The van der Waals surface area contributed by atoms with E-state index in [1.54, 1.807) is 12.1 Å². The van der Waals surface area contributed by atoms with E-state index in [0.717, 1.165) is 0 Å². The zero-order valence-electron chi connectivity index (χ0n) is 10.2. The molecule has 0 radical (unpaired) electrons. The molecule has 3 nitrogen and oxygen atoms in total. The zero-order valence-corrected chi connectivity index (χ0v) is 11.0. The minimum atomic E-state index is -4.36. The summed E-state index contributed by atoms with van der Waals surface area (Å²) in [5, 5.41) is 10.1. The van der Waals surface area contributed by atoms with Crippen LogP contribution in [0.2, 0.25) is 5.02 Å². The molecule has 0 heterocycles. The van der Waals surface area contributed by atoms with E-state index < -0.39 is 18.9 Å². The lowest BCUT2D eigenvalue weighted by Gasteiger charge is -2.14. The standard InChI is InChI=1S/C12H14ClF3O3/c1-18-8-2-3-9(10(13)6-8)11(17)4-5-19-7-12(14,15)16/h2-3,6,11,17H,4-5,7H2,1H3. The molecule has 19 heavy (non-hydrogen) atoms. The second-order valence-electron chi connectivity index (χ2n) is 3.86. The molecule has 0 aliphatic heterocycles. The largest absolute Gasteiger partial charge is 0.497 e. The Balaban J connectivity index is 2.47. The Morgan fingerprint density at radius 3 is 2.58 bits per heavy atom. The molecule has 7 heteroatoms. The summed E-state index contributed by atoms with van der Waals surface area (Å²) in [6.07, 6.45) is -5.31. The lowest BCUT2D eigenvalue weighted by molar-refractivity contribution is -0.175. The molecule has 0 aromatic heterocycles. The Kier molecular flexibility index (Phi) is 5.90. The molecule has 0 fully saturated rings. The predicted octanol–water partition coefficient (Wildman–Crippen LogP) is 3.35. The van der Waals surface area contributed by atoms with Gasteiger partial charge in [-0.2, -0.15) is 13.2 Å². The lowest BCUT2D eigenvalue weighted by atomic mass is 10.1. The molecule has 0 saturated carbocycles. The van der Waals surface area contributed by atoms with Crippen LogP contribution in [0.1, 0.15) is 18.1 Å². The van der Waals surface area contributed by atoms with Crippen LogP contribution in [-0.4, -0.2) is 31.6 Å². The SMILES string of the molecule is COc1ccc(C(O)CCOCC(F)(F)F)c(Cl)c1. The van der Waals surface area contributed by atoms with Crippen LogP contribution < -0.4 is 4.74 Å². The molecule has 1 rings (SSSR count). The monoisotopic (exact) mass is 298 g/mol. The molecule has 1 aromatic carbocycles. The highest BCUT2D eigenvalue weighted by Crippen LogP contribution is 2.29. The van der Waals surface area contributed by atoms with E-state index in [-0.39, 0.29) is 13.0 Å². The molecule has 1 atom stereocenters. The van der Waals surface area contributed by atoms with Crippen LogP contribution in [0.5, 0.6) is 5.75 Å². The van der Waals surface area contributed by atoms with E-state index in [2.05, 4.69) is 4.74 Å². The van der Waals surface area contributed by atoms with Gasteiger partial charge in [-0.3, -0.25) is 0 Å². The third-order valence-electron chi connectivity index (χ3n) is 2.37. The fraction of sp³-hybridized carbons (Fsp3) is 0.500. The van der Waals surface area contributed by atoms with Gasteiger partial charge in [-0.1, -0.05) is 17.7 Å². The van der Waals surface area contributed by atoms with Gasteiger partial charge in [0.1, 0.15) is 12.4 Å². The summed E-state index contributed by atoms with van der Waals surface area (Å²) in [6, 6.07) is 4.70. The highest BCUT2D eigenvalue weighted by atomic mass is 35.5. The number of halogens is 4. The van der Waals surface area contributed by atoms with Crippen molar-refractivity contribution in [2.75, 3.05) is 20.3 Å². The van der Waals surface area contributed by atoms with Gasteiger partial charge in [0, 0.05) is 13.0 Å². The van der Waals surface area contributed by atoms with Crippen molar-refractivity contribution < 1.29 is 27.8 Å². The number of benzene rings is 1. The third kappa shape index (κ3) is 5.67. The van der Waals surface area contributed by atoms with Crippen LogP contribution in [0.4, 0.5) is 13.2 Å². The van der Waals surface area contributed by atoms with E-state index in [4.69, 9.17) is 16.3 Å². The molecule has 1 aromatic rings. The number of ether oxygens (including phenoxy) is 2. The average molecular weight is 299 g/mol. The molecular formula is C12H14ClF3O3. The Morgan fingerprint density at radius 2 is 2.05 bits per heavy atom. The Hall–Kier alpha value is -0.980. The Morgan fingerprint density at radius 1 is 1.37 bits per heavy atom. The number of aliphatic hydroxyl groups excluding tert-OH is 1. The van der Waals surface area contributed by atoms with Crippen molar-refractivity contribution in [1.82, 2.24) is 0 Å². The van der Waals surface area contributed by atoms with Crippen molar-refractivity contribution in [2.24, 2.45) is 0 Å². The van der Waals surface area contributed by atoms with Crippen LogP contribution in [0.25, 0.3) is 0 Å². The summed E-state index contributed by atoms with van der Waals surface area (Å²) in [5.41, 5.74) is 0.429. The number of alkyl halides is 3. The second-order valence-corrected chi connectivity index (χ2v) is 4.27. The van der Waals surface area contributed by atoms with E-state index in [9.17, 15) is 18.3 Å². The summed E-state index contributed by atoms with van der Waals surface area (Å²) in [7, 11) is 1.48. The quantitative estimate of drug-likeness (QED) is 0.819. The van der Waals surface area contributed by atoms with Gasteiger partial charge >= 0.3 is 6.18 Å². The summed E-state index contributed by atoms with van der Waals surface area (Å²) in [5.74, 6) is 0.536. The molecule has 0 aliphatic carbocycles. The summed E-state index contributed by atoms with van der Waals surface area (Å²) in [6.45, 7) is -1.53. The van der Waals surface area contributed by atoms with Gasteiger partial charge < -0.3 is 14.6 Å². The van der Waals surface area contributed by atoms with Gasteiger partial charge in [0.05, 0.1) is 18.2 Å². The Bertz CT molecular complexity index is 410. The zero-order chi connectivity index (χ0) is 14.5. The van der Waals surface area contributed by atoms with Crippen molar-refractivity contribution in [2.45, 2.75) is 18.7 Å². The highest BCUT2D eigenvalue weighted by molar-refractivity contribution is 6.31. The topological polar surface area (TPSA) is 38.7 Å². The van der Waals surface area contributed by atoms with Gasteiger partial charge in [0.2, 0.25) is 0 Å². The van der Waals surface area contributed by atoms with Gasteiger partial charge in [-0.15, -0.1) is 0 Å². The fourth-order valence-corrected chi connectivity index (χ4v) is 1.74. The molecule has 108 valence electrons. The maximum atomic E-state index is 11.8. The Labute approximate surface area is 113 Å². The molecule has 0 amide bonds. The second kappa shape index (κ2) is 6.98. The van der Waals surface area contributed by atoms with Crippen LogP contribution in [0.15, 0.2) is 18.2 Å². The summed E-state index contributed by atoms with van der Waals surface area (Å²) in [4.78, 5) is 0. The van der Waals surface area contributed by atoms with Crippen LogP contribution in [0.3, 0.4) is 0 Å². The number of aliphatic hydroxyl groups is 1. The number of hydrogen-bond acceptors (Lipinski definition) is 3. The maximum absolute atomic E-state index is 11.8. The van der Waals surface area contributed by atoms with Crippen LogP contribution in [0, 0.1) is 0 Å². The molecule has 0 bridgehead atoms. The minimum absolute atomic E-state index is 0.0299. The molecule has 0 spiro atoms. The maximum Gasteiger partial charge on any atom is 0.411 e. The van der Waals surface area contributed by atoms with E-state index >= 15 is 0 Å². The number of hydrogen-bond donors (Lipinski definition) is 1. The summed E-state index contributed by atoms with van der Waals surface area (Å²) >= 11 is 5.93. The average Bonchev–Trinajstić information content (AvgIpc) is 2.33. The number of rotatable bonds is 6. The van der Waals surface area contributed by atoms with Gasteiger partial charge in [0.15, 0.2) is 0 Å². The molecular weight excluding hydrogens is 285 g/mol. The van der Waals surface area contributed by atoms with Gasteiger partial charge in [0.25, 0.3) is 0 Å². The van der Waals surface area contributed by atoms with Crippen LogP contribution >= 0.6 is 11.6 Å². The molecule has 0 aliphatic rings. The van der Waals surface area contributed by atoms with Crippen molar-refractivity contribution in [3.63, 3.8) is 0 Å². The van der Waals surface area contributed by atoms with E-state index in [1.807, 2.05) is 0 Å². The smallest absolute Gasteiger partial charge is 0.411 e. The van der Waals surface area contributed by atoms with Crippen LogP contribution in [-0.2, 0) is 4.74 Å². The molecule has 1 N–H and O–H groups in total. The first-order chi connectivity index (χ1) is 8.83. The first kappa shape index (κ1) is 16.1. The molecule has 0 saturated heterocycles. The lowest BCUT2D eigenvalue weighted by Crippen LogP contribution is -2.18.